The lowest BCUT2D eigenvalue weighted by molar-refractivity contribution is -0.138. The van der Waals surface area contributed by atoms with E-state index in [0.717, 1.165) is 6.08 Å². The highest BCUT2D eigenvalue weighted by Crippen LogP contribution is 2.19. The highest BCUT2D eigenvalue weighted by atomic mass is 16.6. The summed E-state index contributed by atoms with van der Waals surface area (Å²) in [5, 5.41) is 0. The summed E-state index contributed by atoms with van der Waals surface area (Å²) in [5.74, 6) is 0.811. The second kappa shape index (κ2) is 10.2. The summed E-state index contributed by atoms with van der Waals surface area (Å²) in [7, 11) is 0. The standard InChI is InChI=1S/C17H20O5/c1-3-14(18)7-6-10-20-15-8-5-9-16(13-15)21-11-12-22-17(19)4-2/h3-5,8-9,13H,1-2,6-7,10-12H2. The molecule has 0 atom stereocenters. The van der Waals surface area contributed by atoms with E-state index < -0.39 is 5.97 Å². The van der Waals surface area contributed by atoms with Gasteiger partial charge in [-0.1, -0.05) is 19.2 Å². The number of allylic oxidation sites excluding steroid dienone is 1. The van der Waals surface area contributed by atoms with Crippen molar-refractivity contribution in [3.8, 4) is 11.5 Å². The van der Waals surface area contributed by atoms with Crippen molar-refractivity contribution in [2.24, 2.45) is 0 Å². The summed E-state index contributed by atoms with van der Waals surface area (Å²) < 4.78 is 15.8. The summed E-state index contributed by atoms with van der Waals surface area (Å²) in [6.45, 7) is 7.56. The number of rotatable bonds is 11. The van der Waals surface area contributed by atoms with Crippen molar-refractivity contribution >= 4 is 11.8 Å². The van der Waals surface area contributed by atoms with Crippen LogP contribution in [0.15, 0.2) is 49.6 Å². The largest absolute Gasteiger partial charge is 0.493 e. The number of carbonyl (C=O) groups excluding carboxylic acids is 2. The minimum Gasteiger partial charge on any atom is -0.493 e. The molecule has 0 aromatic heterocycles. The molecule has 0 unspecified atom stereocenters. The van der Waals surface area contributed by atoms with Crippen molar-refractivity contribution in [3.63, 3.8) is 0 Å². The van der Waals surface area contributed by atoms with Gasteiger partial charge in [-0.05, 0) is 24.6 Å². The molecule has 0 heterocycles. The molecule has 0 saturated carbocycles. The molecule has 0 aliphatic rings. The van der Waals surface area contributed by atoms with Gasteiger partial charge in [0.25, 0.3) is 0 Å². The van der Waals surface area contributed by atoms with Gasteiger partial charge in [0.15, 0.2) is 5.78 Å². The quantitative estimate of drug-likeness (QED) is 0.357. The van der Waals surface area contributed by atoms with Gasteiger partial charge in [-0.2, -0.15) is 0 Å². The maximum Gasteiger partial charge on any atom is 0.330 e. The SMILES string of the molecule is C=CC(=O)CCCOc1cccc(OCCOC(=O)C=C)c1. The van der Waals surface area contributed by atoms with E-state index in [1.165, 1.54) is 6.08 Å². The number of hydrogen-bond acceptors (Lipinski definition) is 5. The van der Waals surface area contributed by atoms with Crippen LogP contribution in [0.3, 0.4) is 0 Å². The summed E-state index contributed by atoms with van der Waals surface area (Å²) in [5.41, 5.74) is 0. The van der Waals surface area contributed by atoms with E-state index in [1.807, 2.05) is 0 Å². The Balaban J connectivity index is 2.29. The van der Waals surface area contributed by atoms with Gasteiger partial charge in [0.1, 0.15) is 24.7 Å². The second-order valence-corrected chi connectivity index (χ2v) is 4.32. The van der Waals surface area contributed by atoms with Gasteiger partial charge < -0.3 is 14.2 Å². The Kier molecular flexibility index (Phi) is 8.12. The van der Waals surface area contributed by atoms with Crippen molar-refractivity contribution < 1.29 is 23.8 Å². The van der Waals surface area contributed by atoms with Crippen LogP contribution in [0.4, 0.5) is 0 Å². The molecule has 0 spiro atoms. The monoisotopic (exact) mass is 304 g/mol. The molecule has 0 aliphatic heterocycles. The van der Waals surface area contributed by atoms with E-state index in [0.29, 0.717) is 30.9 Å². The lowest BCUT2D eigenvalue weighted by Crippen LogP contribution is -2.10. The van der Waals surface area contributed by atoms with E-state index in [1.54, 1.807) is 24.3 Å². The maximum atomic E-state index is 11.1. The molecule has 22 heavy (non-hydrogen) atoms. The molecular formula is C17H20O5. The Morgan fingerprint density at radius 3 is 2.32 bits per heavy atom. The topological polar surface area (TPSA) is 61.8 Å². The number of carbonyl (C=O) groups is 2. The maximum absolute atomic E-state index is 11.1. The van der Waals surface area contributed by atoms with Crippen LogP contribution in [-0.4, -0.2) is 31.6 Å². The second-order valence-electron chi connectivity index (χ2n) is 4.32. The predicted octanol–water partition coefficient (Wildman–Crippen LogP) is 2.71. The lowest BCUT2D eigenvalue weighted by Gasteiger charge is -2.09. The van der Waals surface area contributed by atoms with Crippen LogP contribution in [0.2, 0.25) is 0 Å². The zero-order valence-corrected chi connectivity index (χ0v) is 12.5. The van der Waals surface area contributed by atoms with Gasteiger partial charge in [0.2, 0.25) is 0 Å². The van der Waals surface area contributed by atoms with Gasteiger partial charge >= 0.3 is 5.97 Å². The van der Waals surface area contributed by atoms with Gasteiger partial charge in [0.05, 0.1) is 6.61 Å². The Morgan fingerprint density at radius 2 is 1.68 bits per heavy atom. The highest BCUT2D eigenvalue weighted by Gasteiger charge is 2.01. The van der Waals surface area contributed by atoms with Crippen LogP contribution < -0.4 is 9.47 Å². The van der Waals surface area contributed by atoms with E-state index >= 15 is 0 Å². The fraction of sp³-hybridized carbons (Fsp3) is 0.294. The van der Waals surface area contributed by atoms with E-state index in [2.05, 4.69) is 13.2 Å². The summed E-state index contributed by atoms with van der Waals surface area (Å²) in [6.07, 6.45) is 3.47. The van der Waals surface area contributed by atoms with Crippen LogP contribution in [0.5, 0.6) is 11.5 Å². The Morgan fingerprint density at radius 1 is 1.00 bits per heavy atom. The third-order valence-electron chi connectivity index (χ3n) is 2.63. The summed E-state index contributed by atoms with van der Waals surface area (Å²) in [4.78, 5) is 21.9. The molecule has 0 radical (unpaired) electrons. The van der Waals surface area contributed by atoms with Crippen molar-refractivity contribution in [2.75, 3.05) is 19.8 Å². The van der Waals surface area contributed by atoms with Crippen LogP contribution >= 0.6 is 0 Å². The third kappa shape index (κ3) is 7.28. The third-order valence-corrected chi connectivity index (χ3v) is 2.63. The minimum absolute atomic E-state index is 0.00903. The van der Waals surface area contributed by atoms with Crippen molar-refractivity contribution in [1.82, 2.24) is 0 Å². The number of ether oxygens (including phenoxy) is 3. The predicted molar refractivity (Wildman–Crippen MR) is 83.0 cm³/mol. The molecule has 1 rings (SSSR count). The number of hydrogen-bond donors (Lipinski definition) is 0. The fourth-order valence-electron chi connectivity index (χ4n) is 1.55. The Hall–Kier alpha value is -2.56. The summed E-state index contributed by atoms with van der Waals surface area (Å²) in [6, 6.07) is 7.13. The zero-order valence-electron chi connectivity index (χ0n) is 12.5. The fourth-order valence-corrected chi connectivity index (χ4v) is 1.55. The smallest absolute Gasteiger partial charge is 0.330 e. The first kappa shape index (κ1) is 17.5. The Labute approximate surface area is 130 Å². The van der Waals surface area contributed by atoms with Crippen molar-refractivity contribution in [2.45, 2.75) is 12.8 Å². The highest BCUT2D eigenvalue weighted by molar-refractivity contribution is 5.88. The molecule has 0 aliphatic carbocycles. The van der Waals surface area contributed by atoms with Gasteiger partial charge in [-0.15, -0.1) is 0 Å². The molecule has 0 amide bonds. The molecule has 0 saturated heterocycles. The average Bonchev–Trinajstić information content (AvgIpc) is 2.55. The van der Waals surface area contributed by atoms with Crippen molar-refractivity contribution in [1.29, 1.82) is 0 Å². The first-order valence-corrected chi connectivity index (χ1v) is 6.96. The molecule has 0 fully saturated rings. The molecule has 0 N–H and O–H groups in total. The Bertz CT molecular complexity index is 478. The molecule has 0 bridgehead atoms. The minimum atomic E-state index is -0.477. The number of esters is 1. The molecule has 118 valence electrons. The van der Waals surface area contributed by atoms with Crippen LogP contribution in [0, 0.1) is 0 Å². The van der Waals surface area contributed by atoms with Gasteiger partial charge in [0, 0.05) is 18.6 Å². The number of ketones is 1. The average molecular weight is 304 g/mol. The molecular weight excluding hydrogens is 284 g/mol. The summed E-state index contributed by atoms with van der Waals surface area (Å²) >= 11 is 0. The van der Waals surface area contributed by atoms with Crippen LogP contribution in [0.25, 0.3) is 0 Å². The van der Waals surface area contributed by atoms with Gasteiger partial charge in [-0.3, -0.25) is 4.79 Å². The molecule has 5 heteroatoms. The van der Waals surface area contributed by atoms with E-state index in [-0.39, 0.29) is 19.0 Å². The van der Waals surface area contributed by atoms with E-state index in [9.17, 15) is 9.59 Å². The first-order valence-electron chi connectivity index (χ1n) is 6.96. The number of benzene rings is 1. The zero-order chi connectivity index (χ0) is 16.2. The first-order chi connectivity index (χ1) is 10.7. The lowest BCUT2D eigenvalue weighted by atomic mass is 10.2. The van der Waals surface area contributed by atoms with Crippen LogP contribution in [0.1, 0.15) is 12.8 Å². The normalized spacial score (nSPS) is 9.64. The molecule has 1 aromatic rings. The van der Waals surface area contributed by atoms with E-state index in [4.69, 9.17) is 14.2 Å². The molecule has 5 nitrogen and oxygen atoms in total. The van der Waals surface area contributed by atoms with Crippen LogP contribution in [-0.2, 0) is 14.3 Å². The van der Waals surface area contributed by atoms with Crippen molar-refractivity contribution in [3.05, 3.63) is 49.6 Å². The molecule has 1 aromatic carbocycles. The van der Waals surface area contributed by atoms with Gasteiger partial charge in [-0.25, -0.2) is 4.79 Å².